The molecule has 0 bridgehead atoms. The fourth-order valence-electron chi connectivity index (χ4n) is 3.58. The molecule has 0 radical (unpaired) electrons. The number of thioether (sulfide) groups is 1. The summed E-state index contributed by atoms with van der Waals surface area (Å²) in [6, 6.07) is 17.4. The summed E-state index contributed by atoms with van der Waals surface area (Å²) >= 11 is 7.36. The molecule has 1 N–H and O–H groups in total. The number of carbonyl (C=O) groups excluding carboxylic acids is 1. The van der Waals surface area contributed by atoms with Crippen LogP contribution in [-0.4, -0.2) is 43.9 Å². The predicted molar refractivity (Wildman–Crippen MR) is 125 cm³/mol. The molecule has 1 amide bonds. The number of hydrogen-bond donors (Lipinski definition) is 1. The second-order valence-electron chi connectivity index (χ2n) is 7.71. The lowest BCUT2D eigenvalue weighted by Crippen LogP contribution is -2.24. The molecule has 1 aliphatic rings. The van der Waals surface area contributed by atoms with Crippen molar-refractivity contribution < 1.29 is 4.79 Å². The third-order valence-corrected chi connectivity index (χ3v) is 6.64. The number of benzene rings is 2. The number of rotatable bonds is 8. The summed E-state index contributed by atoms with van der Waals surface area (Å²) in [5.74, 6) is 0.862. The summed E-state index contributed by atoms with van der Waals surface area (Å²) in [5, 5.41) is 12.9. The molecule has 6 nitrogen and oxygen atoms in total. The third kappa shape index (κ3) is 5.87. The molecule has 8 heteroatoms. The van der Waals surface area contributed by atoms with Gasteiger partial charge in [0, 0.05) is 10.7 Å². The summed E-state index contributed by atoms with van der Waals surface area (Å²) in [7, 11) is 0. The van der Waals surface area contributed by atoms with Crippen molar-refractivity contribution in [3.8, 4) is 0 Å². The lowest BCUT2D eigenvalue weighted by molar-refractivity contribution is -0.115. The van der Waals surface area contributed by atoms with Crippen LogP contribution >= 0.6 is 23.4 Å². The summed E-state index contributed by atoms with van der Waals surface area (Å²) in [5.41, 5.74) is 1.91. The second kappa shape index (κ2) is 10.3. The van der Waals surface area contributed by atoms with Gasteiger partial charge in [-0.25, -0.2) is 0 Å². The van der Waals surface area contributed by atoms with Crippen LogP contribution in [0.5, 0.6) is 0 Å². The van der Waals surface area contributed by atoms with E-state index in [1.165, 1.54) is 30.2 Å². The molecule has 1 saturated heterocycles. The zero-order valence-corrected chi connectivity index (χ0v) is 19.1. The minimum Gasteiger partial charge on any atom is -0.325 e. The van der Waals surface area contributed by atoms with E-state index in [0.29, 0.717) is 11.6 Å². The van der Waals surface area contributed by atoms with Crippen LogP contribution in [-0.2, 0) is 17.9 Å². The van der Waals surface area contributed by atoms with Crippen molar-refractivity contribution in [2.45, 2.75) is 43.3 Å². The highest BCUT2D eigenvalue weighted by Crippen LogP contribution is 2.26. The molecule has 1 atom stereocenters. The summed E-state index contributed by atoms with van der Waals surface area (Å²) < 4.78 is 2.14. The molecule has 0 spiro atoms. The van der Waals surface area contributed by atoms with Crippen molar-refractivity contribution in [1.82, 2.24) is 19.7 Å². The first-order valence-electron chi connectivity index (χ1n) is 10.5. The van der Waals surface area contributed by atoms with Crippen LogP contribution in [0.25, 0.3) is 0 Å². The van der Waals surface area contributed by atoms with Crippen LogP contribution in [0, 0.1) is 0 Å². The fraction of sp³-hybridized carbons (Fsp3) is 0.348. The Kier molecular flexibility index (Phi) is 7.27. The quantitative estimate of drug-likeness (QED) is 0.499. The Morgan fingerprint density at radius 1 is 1.06 bits per heavy atom. The van der Waals surface area contributed by atoms with Gasteiger partial charge in [-0.15, -0.1) is 10.2 Å². The van der Waals surface area contributed by atoms with E-state index in [4.69, 9.17) is 11.6 Å². The number of likely N-dealkylation sites (tertiary alicyclic amines) is 1. The Hall–Kier alpha value is -2.35. The van der Waals surface area contributed by atoms with Crippen LogP contribution in [0.15, 0.2) is 59.8 Å². The van der Waals surface area contributed by atoms with Crippen LogP contribution in [0.1, 0.15) is 31.2 Å². The van der Waals surface area contributed by atoms with Crippen LogP contribution in [0.4, 0.5) is 5.69 Å². The van der Waals surface area contributed by atoms with Gasteiger partial charge in [0.05, 0.1) is 18.3 Å². The highest BCUT2D eigenvalue weighted by Gasteiger charge is 2.22. The van der Waals surface area contributed by atoms with Crippen molar-refractivity contribution in [1.29, 1.82) is 0 Å². The van der Waals surface area contributed by atoms with E-state index >= 15 is 0 Å². The van der Waals surface area contributed by atoms with Gasteiger partial charge in [0.15, 0.2) is 5.16 Å². The van der Waals surface area contributed by atoms with Gasteiger partial charge in [-0.3, -0.25) is 9.69 Å². The van der Waals surface area contributed by atoms with Gasteiger partial charge >= 0.3 is 0 Å². The number of carbonyl (C=O) groups is 1. The average Bonchev–Trinajstić information content (AvgIpc) is 3.42. The van der Waals surface area contributed by atoms with Gasteiger partial charge in [0.25, 0.3) is 0 Å². The Morgan fingerprint density at radius 2 is 1.77 bits per heavy atom. The molecule has 1 aliphatic heterocycles. The number of hydrogen-bond acceptors (Lipinski definition) is 5. The lowest BCUT2D eigenvalue weighted by Gasteiger charge is -2.17. The van der Waals surface area contributed by atoms with E-state index < -0.39 is 0 Å². The van der Waals surface area contributed by atoms with Crippen molar-refractivity contribution >= 4 is 35.0 Å². The number of nitrogens with one attached hydrogen (secondary N) is 1. The number of halogens is 1. The molecule has 0 unspecified atom stereocenters. The van der Waals surface area contributed by atoms with Gasteiger partial charge in [0.1, 0.15) is 5.82 Å². The smallest absolute Gasteiger partial charge is 0.237 e. The minimum atomic E-state index is -0.325. The molecule has 2 aromatic carbocycles. The normalized spacial score (nSPS) is 15.2. The van der Waals surface area contributed by atoms with Gasteiger partial charge < -0.3 is 9.88 Å². The van der Waals surface area contributed by atoms with Gasteiger partial charge in [0.2, 0.25) is 5.91 Å². The monoisotopic (exact) mass is 455 g/mol. The number of anilines is 1. The van der Waals surface area contributed by atoms with E-state index in [2.05, 4.69) is 37.1 Å². The summed E-state index contributed by atoms with van der Waals surface area (Å²) in [6.07, 6.45) is 2.46. The zero-order chi connectivity index (χ0) is 21.6. The summed E-state index contributed by atoms with van der Waals surface area (Å²) in [6.45, 7) is 5.55. The number of nitrogens with zero attached hydrogens (tertiary/aromatic N) is 4. The van der Waals surface area contributed by atoms with E-state index in [0.717, 1.165) is 36.3 Å². The van der Waals surface area contributed by atoms with E-state index in [-0.39, 0.29) is 11.2 Å². The van der Waals surface area contributed by atoms with Gasteiger partial charge in [-0.05, 0) is 62.7 Å². The van der Waals surface area contributed by atoms with Crippen LogP contribution < -0.4 is 5.32 Å². The predicted octanol–water partition coefficient (Wildman–Crippen LogP) is 4.69. The molecule has 2 heterocycles. The maximum absolute atomic E-state index is 12.7. The molecular formula is C23H26ClN5OS. The van der Waals surface area contributed by atoms with Crippen LogP contribution in [0.2, 0.25) is 5.02 Å². The molecule has 1 fully saturated rings. The Labute approximate surface area is 192 Å². The maximum Gasteiger partial charge on any atom is 0.237 e. The van der Waals surface area contributed by atoms with Crippen molar-refractivity contribution in [3.63, 3.8) is 0 Å². The SMILES string of the molecule is C[C@@H](Sc1nnc(CN2CCCC2)n1Cc1ccccc1)C(=O)Nc1ccc(Cl)cc1. The standard InChI is InChI=1S/C23H26ClN5OS/c1-17(22(30)25-20-11-9-19(24)10-12-20)31-23-27-26-21(16-28-13-5-6-14-28)29(23)15-18-7-3-2-4-8-18/h2-4,7-12,17H,5-6,13-16H2,1H3,(H,25,30)/t17-/m1/s1. The van der Waals surface area contributed by atoms with Crippen molar-refractivity contribution in [2.24, 2.45) is 0 Å². The lowest BCUT2D eigenvalue weighted by atomic mass is 10.2. The highest BCUT2D eigenvalue weighted by molar-refractivity contribution is 8.00. The Balaban J connectivity index is 1.49. The van der Waals surface area contributed by atoms with E-state index in [1.807, 2.05) is 25.1 Å². The average molecular weight is 456 g/mol. The van der Waals surface area contributed by atoms with E-state index in [9.17, 15) is 4.79 Å². The first-order valence-corrected chi connectivity index (χ1v) is 11.8. The van der Waals surface area contributed by atoms with E-state index in [1.54, 1.807) is 24.3 Å². The molecule has 0 aliphatic carbocycles. The number of aromatic nitrogens is 3. The van der Waals surface area contributed by atoms with Crippen molar-refractivity contribution in [3.05, 3.63) is 71.0 Å². The topological polar surface area (TPSA) is 63.1 Å². The highest BCUT2D eigenvalue weighted by atomic mass is 35.5. The summed E-state index contributed by atoms with van der Waals surface area (Å²) in [4.78, 5) is 15.1. The first-order chi connectivity index (χ1) is 15.1. The molecule has 31 heavy (non-hydrogen) atoms. The fourth-order valence-corrected chi connectivity index (χ4v) is 4.57. The Bertz CT molecular complexity index is 1000. The number of amides is 1. The largest absolute Gasteiger partial charge is 0.325 e. The van der Waals surface area contributed by atoms with Gasteiger partial charge in [-0.2, -0.15) is 0 Å². The molecular weight excluding hydrogens is 430 g/mol. The zero-order valence-electron chi connectivity index (χ0n) is 17.5. The molecule has 1 aromatic heterocycles. The first kappa shape index (κ1) is 21.9. The minimum absolute atomic E-state index is 0.0809. The third-order valence-electron chi connectivity index (χ3n) is 5.30. The van der Waals surface area contributed by atoms with Crippen LogP contribution in [0.3, 0.4) is 0 Å². The molecule has 0 saturated carbocycles. The van der Waals surface area contributed by atoms with Gasteiger partial charge in [-0.1, -0.05) is 53.7 Å². The Morgan fingerprint density at radius 3 is 2.48 bits per heavy atom. The molecule has 3 aromatic rings. The molecule has 4 rings (SSSR count). The second-order valence-corrected chi connectivity index (χ2v) is 9.45. The van der Waals surface area contributed by atoms with Crippen molar-refractivity contribution in [2.75, 3.05) is 18.4 Å². The molecule has 162 valence electrons. The maximum atomic E-state index is 12.7.